The first kappa shape index (κ1) is 94.3. The Hall–Kier alpha value is -8.58. The summed E-state index contributed by atoms with van der Waals surface area (Å²) in [6.07, 6.45) is 0.744. The van der Waals surface area contributed by atoms with E-state index in [4.69, 9.17) is 80.8 Å². The Labute approximate surface area is 709 Å². The number of hydrogen-bond donors (Lipinski definition) is 5. The molecule has 10 amide bonds. The van der Waals surface area contributed by atoms with Crippen LogP contribution in [0.2, 0.25) is 0 Å². The highest BCUT2D eigenvalue weighted by Crippen LogP contribution is 2.51. The normalized spacial score (nSPS) is 16.0. The molecular formula is C82H106Cl2N9O23PS2. The first-order chi connectivity index (χ1) is 57.4. The van der Waals surface area contributed by atoms with Crippen molar-refractivity contribution in [1.82, 2.24) is 25.3 Å². The summed E-state index contributed by atoms with van der Waals surface area (Å²) in [6.45, 7) is 9.00. The molecule has 1 fully saturated rings. The number of amides is 10. The van der Waals surface area contributed by atoms with Crippen LogP contribution in [0.4, 0.5) is 31.4 Å². The van der Waals surface area contributed by atoms with Crippen LogP contribution in [0.1, 0.15) is 93.8 Å². The van der Waals surface area contributed by atoms with E-state index in [1.54, 1.807) is 96.4 Å². The molecule has 5 aromatic carbocycles. The van der Waals surface area contributed by atoms with Gasteiger partial charge in [0, 0.05) is 144 Å². The van der Waals surface area contributed by atoms with Crippen LogP contribution in [0.25, 0.3) is 21.5 Å². The molecule has 6 unspecified atom stereocenters. The average molecular weight is 1750 g/mol. The molecule has 0 aliphatic carbocycles. The van der Waals surface area contributed by atoms with E-state index in [1.807, 2.05) is 30.5 Å². The van der Waals surface area contributed by atoms with Crippen molar-refractivity contribution in [3.8, 4) is 11.5 Å². The van der Waals surface area contributed by atoms with Gasteiger partial charge in [-0.2, -0.15) is 11.8 Å². The lowest BCUT2D eigenvalue weighted by atomic mass is 9.89. The summed E-state index contributed by atoms with van der Waals surface area (Å²) in [4.78, 5) is 153. The first-order valence-electron chi connectivity index (χ1n) is 39.3. The van der Waals surface area contributed by atoms with Crippen LogP contribution >= 0.6 is 53.9 Å². The fourth-order valence-electron chi connectivity index (χ4n) is 13.9. The van der Waals surface area contributed by atoms with Crippen molar-refractivity contribution in [3.05, 3.63) is 124 Å². The van der Waals surface area contributed by atoms with Crippen LogP contribution < -0.4 is 40.7 Å². The number of carbonyl (C=O) groups is 10. The van der Waals surface area contributed by atoms with Crippen molar-refractivity contribution in [2.75, 3.05) is 199 Å². The molecule has 4 heterocycles. The minimum Gasteiger partial charge on any atom is -0.445 e. The lowest BCUT2D eigenvalue weighted by Crippen LogP contribution is -2.45. The van der Waals surface area contributed by atoms with Crippen molar-refractivity contribution in [1.29, 1.82) is 0 Å². The van der Waals surface area contributed by atoms with Gasteiger partial charge in [-0.05, 0) is 76.7 Å². The molecule has 3 aliphatic heterocycles. The zero-order valence-electron chi connectivity index (χ0n) is 67.7. The minimum atomic E-state index is -4.03. The number of benzene rings is 5. The van der Waals surface area contributed by atoms with Gasteiger partial charge in [-0.3, -0.25) is 38.5 Å². The number of imide groups is 1. The summed E-state index contributed by atoms with van der Waals surface area (Å²) in [5.74, 6) is -3.70. The fourth-order valence-corrected chi connectivity index (χ4v) is 16.5. The maximum Gasteiger partial charge on any atom is 0.415 e. The van der Waals surface area contributed by atoms with E-state index in [9.17, 15) is 57.4 Å². The molecule has 3 aliphatic rings. The van der Waals surface area contributed by atoms with Gasteiger partial charge in [0.15, 0.2) is 5.78 Å². The lowest BCUT2D eigenvalue weighted by molar-refractivity contribution is -0.139. The minimum absolute atomic E-state index is 0.0353. The number of nitrogens with two attached hydrogens (primary N) is 1. The fraction of sp³-hybridized carbons (Fsp3) is 0.512. The summed E-state index contributed by atoms with van der Waals surface area (Å²) >= 11 is 15.6. The summed E-state index contributed by atoms with van der Waals surface area (Å²) in [7, 11) is -1.07. The summed E-state index contributed by atoms with van der Waals surface area (Å²) in [5, 5.41) is 10.5. The molecule has 9 rings (SSSR count). The van der Waals surface area contributed by atoms with Crippen molar-refractivity contribution < 1.29 is 109 Å². The Bertz CT molecular complexity index is 4510. The number of alkyl halides is 2. The number of ether oxygens (including phenoxy) is 10. The number of halogens is 2. The van der Waals surface area contributed by atoms with Crippen LogP contribution in [0.3, 0.4) is 0 Å². The van der Waals surface area contributed by atoms with Crippen LogP contribution in [0.15, 0.2) is 97.1 Å². The Balaban J connectivity index is 0.725. The quantitative estimate of drug-likeness (QED) is 0.0103. The third-order valence-corrected chi connectivity index (χ3v) is 23.2. The van der Waals surface area contributed by atoms with Crippen LogP contribution in [0, 0.1) is 11.8 Å². The van der Waals surface area contributed by atoms with Gasteiger partial charge < -0.3 is 98.1 Å². The molecule has 0 bridgehead atoms. The monoisotopic (exact) mass is 1750 g/mol. The van der Waals surface area contributed by atoms with Gasteiger partial charge in [0.05, 0.1) is 131 Å². The van der Waals surface area contributed by atoms with Crippen molar-refractivity contribution in [2.45, 2.75) is 75.7 Å². The molecule has 6 aromatic rings. The predicted molar refractivity (Wildman–Crippen MR) is 452 cm³/mol. The lowest BCUT2D eigenvalue weighted by Gasteiger charge is -2.27. The maximum atomic E-state index is 14.9. The molecule has 0 radical (unpaired) electrons. The number of thiophene rings is 1. The van der Waals surface area contributed by atoms with Gasteiger partial charge in [-0.15, -0.1) is 34.5 Å². The smallest absolute Gasteiger partial charge is 0.415 e. The molecule has 1 aromatic heterocycles. The third-order valence-electron chi connectivity index (χ3n) is 19.9. The third kappa shape index (κ3) is 27.2. The number of thioether (sulfide) groups is 1. The number of ketones is 1. The Morgan fingerprint density at radius 3 is 1.64 bits per heavy atom. The zero-order chi connectivity index (χ0) is 85.5. The first-order valence-corrected chi connectivity index (χ1v) is 44.5. The summed E-state index contributed by atoms with van der Waals surface area (Å²) in [5.41, 5.74) is 8.72. The number of hydrogen-bond acceptors (Lipinski definition) is 24. The second kappa shape index (κ2) is 47.6. The van der Waals surface area contributed by atoms with E-state index in [0.29, 0.717) is 98.1 Å². The Kier molecular flexibility index (Phi) is 37.7. The number of nitrogens with one attached hydrogen (secondary N) is 3. The highest BCUT2D eigenvalue weighted by atomic mass is 35.5. The van der Waals surface area contributed by atoms with Crippen molar-refractivity contribution in [3.63, 3.8) is 0 Å². The molecule has 32 nitrogen and oxygen atoms in total. The second-order valence-electron chi connectivity index (χ2n) is 28.7. The molecule has 0 saturated carbocycles. The number of fused-ring (bicyclic) bond motifs is 6. The van der Waals surface area contributed by atoms with Crippen LogP contribution in [0.5, 0.6) is 11.5 Å². The van der Waals surface area contributed by atoms with E-state index < -0.39 is 61.4 Å². The molecule has 1 saturated heterocycles. The van der Waals surface area contributed by atoms with Gasteiger partial charge >= 0.3 is 25.8 Å². The molecule has 6 N–H and O–H groups in total. The van der Waals surface area contributed by atoms with Crippen LogP contribution in [-0.4, -0.2) is 274 Å². The van der Waals surface area contributed by atoms with E-state index in [0.717, 1.165) is 34.5 Å². The number of primary amides is 1. The van der Waals surface area contributed by atoms with Gasteiger partial charge in [0.25, 0.3) is 11.8 Å². The molecule has 648 valence electrons. The number of likely N-dealkylation sites (tertiary alicyclic amines) is 1. The summed E-state index contributed by atoms with van der Waals surface area (Å²) in [6, 6.07) is 25.8. The van der Waals surface area contributed by atoms with E-state index >= 15 is 0 Å². The Morgan fingerprint density at radius 2 is 1.15 bits per heavy atom. The van der Waals surface area contributed by atoms with Gasteiger partial charge in [0.1, 0.15) is 18.1 Å². The highest BCUT2D eigenvalue weighted by molar-refractivity contribution is 8.00. The summed E-state index contributed by atoms with van der Waals surface area (Å²) < 4.78 is 74.3. The van der Waals surface area contributed by atoms with Crippen molar-refractivity contribution in [2.24, 2.45) is 17.6 Å². The molecule has 6 atom stereocenters. The number of methoxy groups -OCH3 is 2. The number of urea groups is 1. The maximum absolute atomic E-state index is 14.9. The highest BCUT2D eigenvalue weighted by Gasteiger charge is 2.41. The number of nitrogens with zero attached hydrogens (tertiary/aromatic N) is 5. The van der Waals surface area contributed by atoms with E-state index in [2.05, 4.69) is 16.0 Å². The molecule has 119 heavy (non-hydrogen) atoms. The number of rotatable bonds is 51. The average Bonchev–Trinajstić information content (AvgIpc) is 1.61. The standard InChI is InChI=1S/C82H106Cl2N9O23PS2/c1-53(2)75(88-71(95)23-30-108-34-36-110-38-40-112-42-43-113-41-39-111-37-35-109-33-29-91-72(96)47-70(118-6)79(91)100)65(94)44-55(12-11-24-86-80(85)101)76(97)87-58-19-17-54(18-20-58)52-114-81(102)89(27-31-106-3)25-26-90(28-32-107-4)82(103)115-66-45-63-73(61-15-9-7-13-59(61)66)56(48-83)50-92(63)77(98)68-21-22-69(119-68)78(99)93-51-57(49-84)74-62-16-10-8-14-60(62)67(46-64(74)93)116-117(5,104)105/h7-10,13-22,45-46,53,55-57,70,75H,11-12,23-44,47-52H2,1-6H3,(H,87,97)(H,88,95)(H,104,105)(H3,85,86,101). The molecule has 0 spiro atoms. The van der Waals surface area contributed by atoms with Gasteiger partial charge in [-0.1, -0.05) is 74.5 Å². The van der Waals surface area contributed by atoms with Crippen molar-refractivity contribution >= 4 is 152 Å². The van der Waals surface area contributed by atoms with Crippen LogP contribution in [-0.2, 0) is 77.8 Å². The number of Topliss-reactive ketones (excluding diaryl/α,β-unsaturated/α-hetero) is 1. The zero-order valence-corrected chi connectivity index (χ0v) is 71.7. The largest absolute Gasteiger partial charge is 0.445 e. The molecule has 37 heteroatoms. The topological polar surface area (TPSA) is 388 Å². The predicted octanol–water partition coefficient (Wildman–Crippen LogP) is 10.0. The number of carbonyl (C=O) groups excluding carboxylic acids is 10. The second-order valence-corrected chi connectivity index (χ2v) is 33.2. The SMILES string of the molecule is COCCN(CCN(CCOC)C(=O)Oc1cc2c(c3ccccc13)C(CCl)CN2C(=O)c1ccc(C(=O)N2CC(CCl)c3c2cc(OP(C)(=O)O)c2ccccc32)s1)C(=O)OCc1ccc(NC(=O)C(CCCNC(N)=O)CC(=O)C(NC(=O)CCOCCOCCOCCOCCOCCOCCN2C(=O)CC(SC)C2=O)C(C)C)cc1. The van der Waals surface area contributed by atoms with E-state index in [-0.39, 0.29) is 198 Å². The van der Waals surface area contributed by atoms with E-state index in [1.165, 1.54) is 40.7 Å². The van der Waals surface area contributed by atoms with Gasteiger partial charge in [0.2, 0.25) is 23.6 Å². The Morgan fingerprint density at radius 1 is 0.655 bits per heavy atom. The molecular weight excluding hydrogens is 1640 g/mol. The number of anilines is 3. The van der Waals surface area contributed by atoms with Gasteiger partial charge in [-0.25, -0.2) is 18.9 Å².